The molecular weight excluding hydrogens is 457 g/mol. The fraction of sp³-hybridized carbons (Fsp3) is 0.474. The lowest BCUT2D eigenvalue weighted by Crippen LogP contribution is -2.51. The van der Waals surface area contributed by atoms with Crippen molar-refractivity contribution in [1.29, 1.82) is 0 Å². The third-order valence-electron chi connectivity index (χ3n) is 5.60. The molecule has 0 atom stereocenters. The second-order valence-corrected chi connectivity index (χ2v) is 9.90. The van der Waals surface area contributed by atoms with Crippen LogP contribution < -0.4 is 0 Å². The molecule has 168 valence electrons. The number of aromatic nitrogens is 2. The van der Waals surface area contributed by atoms with Gasteiger partial charge in [0.25, 0.3) is 0 Å². The van der Waals surface area contributed by atoms with E-state index in [4.69, 9.17) is 11.6 Å². The number of alkyl halides is 3. The topological polar surface area (TPSA) is 75.5 Å². The van der Waals surface area contributed by atoms with Gasteiger partial charge in [-0.3, -0.25) is 9.48 Å². The number of carbonyl (C=O) groups is 1. The van der Waals surface area contributed by atoms with Gasteiger partial charge in [0.2, 0.25) is 15.9 Å². The Morgan fingerprint density at radius 3 is 2.32 bits per heavy atom. The van der Waals surface area contributed by atoms with Crippen LogP contribution >= 0.6 is 11.6 Å². The van der Waals surface area contributed by atoms with E-state index in [1.807, 2.05) is 0 Å². The Morgan fingerprint density at radius 1 is 1.06 bits per heavy atom. The Kier molecular flexibility index (Phi) is 5.78. The van der Waals surface area contributed by atoms with Gasteiger partial charge in [-0.2, -0.15) is 22.6 Å². The van der Waals surface area contributed by atoms with Crippen molar-refractivity contribution in [2.75, 3.05) is 26.2 Å². The van der Waals surface area contributed by atoms with Gasteiger partial charge in [0.15, 0.2) is 5.69 Å². The molecule has 1 aromatic carbocycles. The SMILES string of the molecule is O=C(Cn1nc(C(F)(F)F)c2c1CCC2)N1CCN(S(=O)(=O)c2ccc(Cl)cc2)CC1. The predicted molar refractivity (Wildman–Crippen MR) is 106 cm³/mol. The van der Waals surface area contributed by atoms with Crippen LogP contribution in [0.4, 0.5) is 13.2 Å². The fourth-order valence-corrected chi connectivity index (χ4v) is 5.58. The van der Waals surface area contributed by atoms with Crippen molar-refractivity contribution in [3.63, 3.8) is 0 Å². The summed E-state index contributed by atoms with van der Waals surface area (Å²) in [5.74, 6) is -0.380. The Hall–Kier alpha value is -2.11. The van der Waals surface area contributed by atoms with Crippen molar-refractivity contribution in [2.24, 2.45) is 0 Å². The Morgan fingerprint density at radius 2 is 1.71 bits per heavy atom. The van der Waals surface area contributed by atoms with Crippen molar-refractivity contribution in [3.05, 3.63) is 46.2 Å². The number of fused-ring (bicyclic) bond motifs is 1. The average molecular weight is 477 g/mol. The fourth-order valence-electron chi connectivity index (χ4n) is 4.03. The number of benzene rings is 1. The summed E-state index contributed by atoms with van der Waals surface area (Å²) in [6.07, 6.45) is -3.19. The summed E-state index contributed by atoms with van der Waals surface area (Å²) >= 11 is 5.81. The van der Waals surface area contributed by atoms with Gasteiger partial charge in [-0.15, -0.1) is 0 Å². The molecule has 0 bridgehead atoms. The van der Waals surface area contributed by atoms with Crippen molar-refractivity contribution in [3.8, 4) is 0 Å². The van der Waals surface area contributed by atoms with Gasteiger partial charge in [-0.1, -0.05) is 11.6 Å². The minimum absolute atomic E-state index is 0.0989. The highest BCUT2D eigenvalue weighted by Gasteiger charge is 2.40. The highest BCUT2D eigenvalue weighted by molar-refractivity contribution is 7.89. The monoisotopic (exact) mass is 476 g/mol. The van der Waals surface area contributed by atoms with E-state index in [1.165, 1.54) is 33.5 Å². The van der Waals surface area contributed by atoms with E-state index in [2.05, 4.69) is 5.10 Å². The quantitative estimate of drug-likeness (QED) is 0.679. The van der Waals surface area contributed by atoms with Gasteiger partial charge < -0.3 is 4.90 Å². The molecule has 31 heavy (non-hydrogen) atoms. The first-order valence-corrected chi connectivity index (χ1v) is 11.6. The highest BCUT2D eigenvalue weighted by atomic mass is 35.5. The van der Waals surface area contributed by atoms with Crippen LogP contribution in [0.15, 0.2) is 29.2 Å². The van der Waals surface area contributed by atoms with Gasteiger partial charge in [-0.05, 0) is 43.5 Å². The largest absolute Gasteiger partial charge is 0.435 e. The highest BCUT2D eigenvalue weighted by Crippen LogP contribution is 2.36. The van der Waals surface area contributed by atoms with E-state index >= 15 is 0 Å². The van der Waals surface area contributed by atoms with Gasteiger partial charge in [0.1, 0.15) is 6.54 Å². The molecule has 0 unspecified atom stereocenters. The molecule has 7 nitrogen and oxygen atoms in total. The van der Waals surface area contributed by atoms with Crippen LogP contribution in [-0.2, 0) is 40.4 Å². The maximum Gasteiger partial charge on any atom is 0.435 e. The minimum Gasteiger partial charge on any atom is -0.338 e. The average Bonchev–Trinajstić information content (AvgIpc) is 3.32. The molecule has 2 heterocycles. The van der Waals surface area contributed by atoms with Crippen LogP contribution in [0.25, 0.3) is 0 Å². The van der Waals surface area contributed by atoms with Gasteiger partial charge in [-0.25, -0.2) is 8.42 Å². The first kappa shape index (κ1) is 22.1. The Bertz CT molecular complexity index is 1090. The van der Waals surface area contributed by atoms with Crippen LogP contribution in [0, 0.1) is 0 Å². The van der Waals surface area contributed by atoms with Crippen molar-refractivity contribution in [1.82, 2.24) is 19.0 Å². The molecule has 1 aromatic heterocycles. The number of halogens is 4. The smallest absolute Gasteiger partial charge is 0.338 e. The Balaban J connectivity index is 1.42. The number of rotatable bonds is 4. The van der Waals surface area contributed by atoms with Crippen LogP contribution in [0.5, 0.6) is 0 Å². The second kappa shape index (κ2) is 8.10. The summed E-state index contributed by atoms with van der Waals surface area (Å²) in [4.78, 5) is 14.3. The van der Waals surface area contributed by atoms with Crippen molar-refractivity contribution >= 4 is 27.5 Å². The number of nitrogens with zero attached hydrogens (tertiary/aromatic N) is 4. The van der Waals surface area contributed by atoms with Crippen molar-refractivity contribution in [2.45, 2.75) is 36.9 Å². The summed E-state index contributed by atoms with van der Waals surface area (Å²) in [5.41, 5.74) is -0.268. The molecule has 1 aliphatic heterocycles. The van der Waals surface area contributed by atoms with Gasteiger partial charge >= 0.3 is 6.18 Å². The van der Waals surface area contributed by atoms with Gasteiger partial charge in [0, 0.05) is 42.5 Å². The number of piperazine rings is 1. The number of hydrogen-bond donors (Lipinski definition) is 0. The Labute approximate surface area is 182 Å². The molecular formula is C19H20ClF3N4O3S. The number of sulfonamides is 1. The molecule has 0 saturated carbocycles. The molecule has 12 heteroatoms. The van der Waals surface area contributed by atoms with Gasteiger partial charge in [0.05, 0.1) is 4.90 Å². The zero-order chi connectivity index (χ0) is 22.4. The van der Waals surface area contributed by atoms with Crippen LogP contribution in [-0.4, -0.2) is 59.5 Å². The molecule has 4 rings (SSSR count). The predicted octanol–water partition coefficient (Wildman–Crippen LogP) is 2.58. The lowest BCUT2D eigenvalue weighted by molar-refractivity contribution is -0.142. The number of hydrogen-bond acceptors (Lipinski definition) is 4. The molecule has 1 amide bonds. The van der Waals surface area contributed by atoms with Crippen LogP contribution in [0.3, 0.4) is 0 Å². The summed E-state index contributed by atoms with van der Waals surface area (Å²) in [6, 6.07) is 5.83. The molecule has 0 spiro atoms. The molecule has 1 fully saturated rings. The summed E-state index contributed by atoms with van der Waals surface area (Å²) in [6.45, 7) is 0.217. The van der Waals surface area contributed by atoms with Crippen LogP contribution in [0.2, 0.25) is 5.02 Å². The van der Waals surface area contributed by atoms with Crippen molar-refractivity contribution < 1.29 is 26.4 Å². The first-order chi connectivity index (χ1) is 14.6. The standard InChI is InChI=1S/C19H20ClF3N4O3S/c20-13-4-6-14(7-5-13)31(29,30)26-10-8-25(9-11-26)17(28)12-27-16-3-1-2-15(16)18(24-27)19(21,22)23/h4-7H,1-3,8-12H2. The lowest BCUT2D eigenvalue weighted by Gasteiger charge is -2.34. The molecule has 1 aliphatic carbocycles. The molecule has 0 N–H and O–H groups in total. The molecule has 1 saturated heterocycles. The molecule has 2 aromatic rings. The number of amides is 1. The zero-order valence-corrected chi connectivity index (χ0v) is 18.0. The van der Waals surface area contributed by atoms with E-state index in [9.17, 15) is 26.4 Å². The summed E-state index contributed by atoms with van der Waals surface area (Å²) < 4.78 is 67.6. The van der Waals surface area contributed by atoms with E-state index in [-0.39, 0.29) is 49.1 Å². The van der Waals surface area contributed by atoms with E-state index in [0.29, 0.717) is 30.0 Å². The molecule has 0 radical (unpaired) electrons. The lowest BCUT2D eigenvalue weighted by atomic mass is 10.2. The maximum atomic E-state index is 13.2. The van der Waals surface area contributed by atoms with E-state index in [1.54, 1.807) is 0 Å². The minimum atomic E-state index is -4.55. The third-order valence-corrected chi connectivity index (χ3v) is 7.77. The normalized spacial score (nSPS) is 17.7. The molecule has 2 aliphatic rings. The zero-order valence-electron chi connectivity index (χ0n) is 16.4. The second-order valence-electron chi connectivity index (χ2n) is 7.52. The van der Waals surface area contributed by atoms with Crippen LogP contribution in [0.1, 0.15) is 23.4 Å². The summed E-state index contributed by atoms with van der Waals surface area (Å²) in [5, 5.41) is 4.09. The number of carbonyl (C=O) groups excluding carboxylic acids is 1. The van der Waals surface area contributed by atoms with E-state index in [0.717, 1.165) is 4.68 Å². The van der Waals surface area contributed by atoms with E-state index < -0.39 is 21.9 Å². The first-order valence-electron chi connectivity index (χ1n) is 9.76. The third kappa shape index (κ3) is 4.31. The summed E-state index contributed by atoms with van der Waals surface area (Å²) in [7, 11) is -3.71. The maximum absolute atomic E-state index is 13.2.